The van der Waals surface area contributed by atoms with Crippen LogP contribution in [0, 0.1) is 0 Å². The van der Waals surface area contributed by atoms with Crippen molar-refractivity contribution in [3.63, 3.8) is 0 Å². The summed E-state index contributed by atoms with van der Waals surface area (Å²) in [6.07, 6.45) is 10.1. The highest BCUT2D eigenvalue weighted by Crippen LogP contribution is 2.23. The average Bonchev–Trinajstić information content (AvgIpc) is 3.34. The van der Waals surface area contributed by atoms with Crippen LogP contribution < -0.4 is 5.32 Å². The van der Waals surface area contributed by atoms with E-state index in [2.05, 4.69) is 25.5 Å². The van der Waals surface area contributed by atoms with E-state index in [4.69, 9.17) is 0 Å². The number of nitrogens with zero attached hydrogens (tertiary/aromatic N) is 3. The molecule has 3 heterocycles. The molecule has 4 rings (SSSR count). The molecule has 0 fully saturated rings. The number of amides is 1. The van der Waals surface area contributed by atoms with Gasteiger partial charge in [0.2, 0.25) is 5.91 Å². The number of nitrogens with one attached hydrogen (secondary N) is 2. The van der Waals surface area contributed by atoms with Gasteiger partial charge in [-0.15, -0.1) is 11.3 Å². The number of hydrogen-bond acceptors (Lipinski definition) is 5. The van der Waals surface area contributed by atoms with Crippen LogP contribution in [0.25, 0.3) is 10.6 Å². The number of carbonyl (C=O) groups is 1. The lowest BCUT2D eigenvalue weighted by Crippen LogP contribution is -2.26. The third-order valence-electron chi connectivity index (χ3n) is 4.89. The first-order valence-corrected chi connectivity index (χ1v) is 10.3. The molecule has 3 aromatic rings. The van der Waals surface area contributed by atoms with E-state index in [1.807, 2.05) is 23.7 Å². The molecule has 0 saturated heterocycles. The molecule has 0 bridgehead atoms. The minimum absolute atomic E-state index is 0.0743. The second-order valence-electron chi connectivity index (χ2n) is 6.82. The zero-order valence-corrected chi connectivity index (χ0v) is 16.0. The number of aromatic nitrogens is 4. The Bertz CT molecular complexity index is 902. The fourth-order valence-electron chi connectivity index (χ4n) is 3.45. The number of carbonyl (C=O) groups excluding carboxylic acids is 1. The minimum Gasteiger partial charge on any atom is -0.356 e. The van der Waals surface area contributed by atoms with Crippen LogP contribution in [0.1, 0.15) is 41.9 Å². The van der Waals surface area contributed by atoms with Crippen molar-refractivity contribution in [3.8, 4) is 10.6 Å². The third kappa shape index (κ3) is 4.42. The molecule has 0 aromatic carbocycles. The Morgan fingerprint density at radius 1 is 1.26 bits per heavy atom. The van der Waals surface area contributed by atoms with E-state index in [-0.39, 0.29) is 5.91 Å². The number of pyridine rings is 1. The molecule has 0 aliphatic heterocycles. The smallest absolute Gasteiger partial charge is 0.220 e. The number of hydrogen-bond donors (Lipinski definition) is 2. The van der Waals surface area contributed by atoms with Crippen molar-refractivity contribution in [1.82, 2.24) is 25.5 Å². The number of fused-ring (bicyclic) bond motifs is 1. The van der Waals surface area contributed by atoms with E-state index < -0.39 is 0 Å². The molecule has 140 valence electrons. The molecular formula is C20H23N5OS. The number of thiazole rings is 1. The molecule has 1 aliphatic carbocycles. The highest BCUT2D eigenvalue weighted by Gasteiger charge is 2.17. The third-order valence-corrected chi connectivity index (χ3v) is 5.83. The maximum Gasteiger partial charge on any atom is 0.220 e. The summed E-state index contributed by atoms with van der Waals surface area (Å²) in [5.41, 5.74) is 5.71. The first kappa shape index (κ1) is 17.9. The summed E-state index contributed by atoms with van der Waals surface area (Å²) in [6, 6.07) is 3.91. The number of aryl methyl sites for hydroxylation is 2. The largest absolute Gasteiger partial charge is 0.356 e. The monoisotopic (exact) mass is 381 g/mol. The summed E-state index contributed by atoms with van der Waals surface area (Å²) in [5.74, 6) is 0.0743. The van der Waals surface area contributed by atoms with Gasteiger partial charge in [-0.1, -0.05) is 0 Å². The van der Waals surface area contributed by atoms with Crippen molar-refractivity contribution in [2.45, 2.75) is 44.9 Å². The van der Waals surface area contributed by atoms with Crippen LogP contribution in [0.3, 0.4) is 0 Å². The summed E-state index contributed by atoms with van der Waals surface area (Å²) in [5, 5.41) is 13.6. The molecule has 0 saturated carbocycles. The molecule has 7 heteroatoms. The van der Waals surface area contributed by atoms with Gasteiger partial charge in [0.15, 0.2) is 0 Å². The standard InChI is InChI=1S/C20H23N5OS/c26-19(8-7-18-16-5-1-2-6-17(16)24-25-18)22-11-9-15-13-27-20(23-15)14-4-3-10-21-12-14/h3-4,10,12-13H,1-2,5-9,11H2,(H,22,26)(H,24,25). The first-order valence-electron chi connectivity index (χ1n) is 9.46. The Morgan fingerprint density at radius 3 is 3.07 bits per heavy atom. The quantitative estimate of drug-likeness (QED) is 0.659. The van der Waals surface area contributed by atoms with Crippen LogP contribution in [0.4, 0.5) is 0 Å². The maximum atomic E-state index is 12.1. The van der Waals surface area contributed by atoms with E-state index in [1.165, 1.54) is 24.1 Å². The number of aromatic amines is 1. The van der Waals surface area contributed by atoms with Crippen molar-refractivity contribution in [2.75, 3.05) is 6.54 Å². The Hall–Kier alpha value is -2.54. The van der Waals surface area contributed by atoms with Crippen molar-refractivity contribution in [2.24, 2.45) is 0 Å². The van der Waals surface area contributed by atoms with Crippen LogP contribution in [0.2, 0.25) is 0 Å². The van der Waals surface area contributed by atoms with E-state index >= 15 is 0 Å². The van der Waals surface area contributed by atoms with Crippen LogP contribution in [-0.2, 0) is 30.5 Å². The van der Waals surface area contributed by atoms with Gasteiger partial charge in [0, 0.05) is 54.8 Å². The molecule has 0 unspecified atom stereocenters. The van der Waals surface area contributed by atoms with Crippen molar-refractivity contribution in [3.05, 3.63) is 52.6 Å². The van der Waals surface area contributed by atoms with E-state index in [0.717, 1.165) is 41.2 Å². The molecule has 0 atom stereocenters. The van der Waals surface area contributed by atoms with Gasteiger partial charge >= 0.3 is 0 Å². The molecule has 6 nitrogen and oxygen atoms in total. The van der Waals surface area contributed by atoms with Crippen LogP contribution in [0.5, 0.6) is 0 Å². The van der Waals surface area contributed by atoms with Crippen molar-refractivity contribution >= 4 is 17.2 Å². The lowest BCUT2D eigenvalue weighted by Gasteiger charge is -2.11. The van der Waals surface area contributed by atoms with Gasteiger partial charge in [-0.25, -0.2) is 4.98 Å². The molecule has 3 aromatic heterocycles. The zero-order chi connectivity index (χ0) is 18.5. The normalized spacial score (nSPS) is 13.3. The molecule has 0 radical (unpaired) electrons. The SMILES string of the molecule is O=C(CCc1n[nH]c2c1CCCC2)NCCc1csc(-c2cccnc2)n1. The second kappa shape index (κ2) is 8.43. The van der Waals surface area contributed by atoms with Crippen molar-refractivity contribution < 1.29 is 4.79 Å². The number of rotatable bonds is 7. The van der Waals surface area contributed by atoms with Crippen LogP contribution >= 0.6 is 11.3 Å². The molecule has 1 amide bonds. The molecule has 0 spiro atoms. The summed E-state index contributed by atoms with van der Waals surface area (Å²) in [4.78, 5) is 20.9. The van der Waals surface area contributed by atoms with Gasteiger partial charge in [0.1, 0.15) is 5.01 Å². The van der Waals surface area contributed by atoms with Crippen LogP contribution in [0.15, 0.2) is 29.9 Å². The van der Waals surface area contributed by atoms with Gasteiger partial charge in [-0.2, -0.15) is 5.10 Å². The lowest BCUT2D eigenvalue weighted by molar-refractivity contribution is -0.121. The highest BCUT2D eigenvalue weighted by atomic mass is 32.1. The Balaban J connectivity index is 1.22. The maximum absolute atomic E-state index is 12.1. The van der Waals surface area contributed by atoms with Gasteiger partial charge in [0.05, 0.1) is 11.4 Å². The van der Waals surface area contributed by atoms with Gasteiger partial charge in [0.25, 0.3) is 0 Å². The minimum atomic E-state index is 0.0743. The molecule has 1 aliphatic rings. The highest BCUT2D eigenvalue weighted by molar-refractivity contribution is 7.13. The summed E-state index contributed by atoms with van der Waals surface area (Å²) in [7, 11) is 0. The Morgan fingerprint density at radius 2 is 2.19 bits per heavy atom. The lowest BCUT2D eigenvalue weighted by atomic mass is 9.94. The summed E-state index contributed by atoms with van der Waals surface area (Å²) < 4.78 is 0. The Kier molecular flexibility index (Phi) is 5.58. The molecular weight excluding hydrogens is 358 g/mol. The number of H-pyrrole nitrogens is 1. The summed E-state index contributed by atoms with van der Waals surface area (Å²) >= 11 is 1.61. The zero-order valence-electron chi connectivity index (χ0n) is 15.2. The predicted octanol–water partition coefficient (Wildman–Crippen LogP) is 3.10. The first-order chi connectivity index (χ1) is 13.3. The molecule has 27 heavy (non-hydrogen) atoms. The average molecular weight is 382 g/mol. The summed E-state index contributed by atoms with van der Waals surface area (Å²) in [6.45, 7) is 0.605. The molecule has 2 N–H and O–H groups in total. The van der Waals surface area contributed by atoms with Gasteiger partial charge in [-0.05, 0) is 43.4 Å². The predicted molar refractivity (Wildman–Crippen MR) is 106 cm³/mol. The van der Waals surface area contributed by atoms with E-state index in [0.29, 0.717) is 19.4 Å². The fourth-order valence-corrected chi connectivity index (χ4v) is 4.30. The van der Waals surface area contributed by atoms with Crippen molar-refractivity contribution in [1.29, 1.82) is 0 Å². The Labute approximate surface area is 162 Å². The van der Waals surface area contributed by atoms with Crippen LogP contribution in [-0.4, -0.2) is 32.6 Å². The second-order valence-corrected chi connectivity index (χ2v) is 7.68. The topological polar surface area (TPSA) is 83.6 Å². The van der Waals surface area contributed by atoms with Gasteiger partial charge in [-0.3, -0.25) is 14.9 Å². The van der Waals surface area contributed by atoms with Gasteiger partial charge < -0.3 is 5.32 Å². The van der Waals surface area contributed by atoms with E-state index in [9.17, 15) is 4.79 Å². The van der Waals surface area contributed by atoms with E-state index in [1.54, 1.807) is 17.5 Å². The fraction of sp³-hybridized carbons (Fsp3) is 0.400.